The van der Waals surface area contributed by atoms with Gasteiger partial charge in [-0.25, -0.2) is 0 Å². The lowest BCUT2D eigenvalue weighted by Crippen LogP contribution is -2.43. The van der Waals surface area contributed by atoms with Crippen LogP contribution in [-0.2, 0) is 10.2 Å². The van der Waals surface area contributed by atoms with Gasteiger partial charge in [0.25, 0.3) is 5.91 Å². The lowest BCUT2D eigenvalue weighted by Gasteiger charge is -2.38. The van der Waals surface area contributed by atoms with Crippen molar-refractivity contribution in [2.75, 3.05) is 18.5 Å². The first-order valence-electron chi connectivity index (χ1n) is 9.74. The Morgan fingerprint density at radius 1 is 1.32 bits per heavy atom. The molecule has 1 aliphatic carbocycles. The number of ether oxygens (including phenoxy) is 1. The number of primary amides is 1. The van der Waals surface area contributed by atoms with Gasteiger partial charge in [-0.15, -0.1) is 0 Å². The maximum absolute atomic E-state index is 11.9. The first kappa shape index (κ1) is 18.5. The highest BCUT2D eigenvalue weighted by atomic mass is 16.5. The fourth-order valence-corrected chi connectivity index (χ4v) is 4.08. The van der Waals surface area contributed by atoms with Gasteiger partial charge in [0.05, 0.1) is 31.2 Å². The summed E-state index contributed by atoms with van der Waals surface area (Å²) in [6.07, 6.45) is 5.53. The van der Waals surface area contributed by atoms with Gasteiger partial charge in [0, 0.05) is 17.3 Å². The summed E-state index contributed by atoms with van der Waals surface area (Å²) in [7, 11) is 0. The molecule has 0 bridgehead atoms. The smallest absolute Gasteiger partial charge is 0.254 e. The van der Waals surface area contributed by atoms with E-state index in [0.717, 1.165) is 44.6 Å². The van der Waals surface area contributed by atoms with Gasteiger partial charge in [0.15, 0.2) is 5.82 Å². The molecule has 28 heavy (non-hydrogen) atoms. The molecule has 1 aromatic carbocycles. The SMILES string of the molecule is CC1(c2ccc(Nc3nn([C@H]4CCCC[C@@H]4C#N)cc3C(N)=O)cc2)COC1. The number of rotatable bonds is 5. The molecule has 0 spiro atoms. The van der Waals surface area contributed by atoms with E-state index in [9.17, 15) is 10.1 Å². The van der Waals surface area contributed by atoms with Gasteiger partial charge in [-0.2, -0.15) is 10.4 Å². The topological polar surface area (TPSA) is 106 Å². The minimum atomic E-state index is -0.534. The highest BCUT2D eigenvalue weighted by Crippen LogP contribution is 2.35. The molecule has 1 saturated carbocycles. The molecule has 1 aliphatic heterocycles. The van der Waals surface area contributed by atoms with E-state index < -0.39 is 5.91 Å². The standard InChI is InChI=1S/C21H25N5O2/c1-21(12-28-13-21)15-6-8-16(9-7-15)24-20-17(19(23)27)11-26(25-20)18-5-3-2-4-14(18)10-22/h6-9,11,14,18H,2-5,12-13H2,1H3,(H2,23,27)(H,24,25)/t14-,18+/m1/s1. The molecule has 4 rings (SSSR count). The van der Waals surface area contributed by atoms with Gasteiger partial charge in [0.2, 0.25) is 0 Å². The summed E-state index contributed by atoms with van der Waals surface area (Å²) in [5, 5.41) is 17.2. The molecule has 1 saturated heterocycles. The van der Waals surface area contributed by atoms with Crippen LogP contribution < -0.4 is 11.1 Å². The lowest BCUT2D eigenvalue weighted by molar-refractivity contribution is -0.0499. The van der Waals surface area contributed by atoms with Crippen LogP contribution in [0.4, 0.5) is 11.5 Å². The number of carbonyl (C=O) groups excluding carboxylic acids is 1. The molecule has 7 heteroatoms. The van der Waals surface area contributed by atoms with E-state index >= 15 is 0 Å². The summed E-state index contributed by atoms with van der Waals surface area (Å²) in [5.74, 6) is -0.193. The highest BCUT2D eigenvalue weighted by molar-refractivity contribution is 5.98. The van der Waals surface area contributed by atoms with E-state index in [1.807, 2.05) is 12.1 Å². The number of anilines is 2. The quantitative estimate of drug-likeness (QED) is 0.829. The summed E-state index contributed by atoms with van der Waals surface area (Å²) in [6.45, 7) is 3.65. The van der Waals surface area contributed by atoms with Crippen molar-refractivity contribution in [2.24, 2.45) is 11.7 Å². The number of hydrogen-bond donors (Lipinski definition) is 2. The Kier molecular flexibility index (Phi) is 4.82. The first-order valence-corrected chi connectivity index (χ1v) is 9.74. The number of amides is 1. The molecule has 7 nitrogen and oxygen atoms in total. The van der Waals surface area contributed by atoms with Gasteiger partial charge >= 0.3 is 0 Å². The minimum Gasteiger partial charge on any atom is -0.379 e. The molecule has 2 heterocycles. The van der Waals surface area contributed by atoms with Gasteiger partial charge in [-0.3, -0.25) is 9.48 Å². The van der Waals surface area contributed by atoms with Crippen molar-refractivity contribution < 1.29 is 9.53 Å². The van der Waals surface area contributed by atoms with Crippen LogP contribution in [0.1, 0.15) is 54.6 Å². The average molecular weight is 379 g/mol. The minimum absolute atomic E-state index is 0.0201. The Hall–Kier alpha value is -2.85. The first-order chi connectivity index (χ1) is 13.5. The van der Waals surface area contributed by atoms with Crippen LogP contribution >= 0.6 is 0 Å². The number of carbonyl (C=O) groups is 1. The monoisotopic (exact) mass is 379 g/mol. The van der Waals surface area contributed by atoms with Crippen LogP contribution in [-0.4, -0.2) is 28.9 Å². The second-order valence-electron chi connectivity index (χ2n) is 8.08. The molecule has 0 radical (unpaired) electrons. The summed E-state index contributed by atoms with van der Waals surface area (Å²) in [4.78, 5) is 11.9. The highest BCUT2D eigenvalue weighted by Gasteiger charge is 2.35. The number of nitriles is 1. The van der Waals surface area contributed by atoms with Crippen molar-refractivity contribution in [1.82, 2.24) is 9.78 Å². The van der Waals surface area contributed by atoms with Crippen molar-refractivity contribution in [3.05, 3.63) is 41.6 Å². The molecule has 1 amide bonds. The molecular formula is C21H25N5O2. The zero-order valence-electron chi connectivity index (χ0n) is 16.0. The van der Waals surface area contributed by atoms with Crippen LogP contribution in [0.15, 0.2) is 30.5 Å². The van der Waals surface area contributed by atoms with Gasteiger partial charge < -0.3 is 15.8 Å². The van der Waals surface area contributed by atoms with E-state index in [1.165, 1.54) is 5.56 Å². The summed E-state index contributed by atoms with van der Waals surface area (Å²) in [5.41, 5.74) is 8.05. The van der Waals surface area contributed by atoms with Crippen molar-refractivity contribution in [1.29, 1.82) is 5.26 Å². The molecule has 0 unspecified atom stereocenters. The van der Waals surface area contributed by atoms with E-state index in [0.29, 0.717) is 11.4 Å². The van der Waals surface area contributed by atoms with E-state index in [4.69, 9.17) is 10.5 Å². The third kappa shape index (κ3) is 3.36. The summed E-state index contributed by atoms with van der Waals surface area (Å²) < 4.78 is 7.08. The number of nitrogens with one attached hydrogen (secondary N) is 1. The van der Waals surface area contributed by atoms with Crippen molar-refractivity contribution in [2.45, 2.75) is 44.1 Å². The molecule has 2 aromatic rings. The Morgan fingerprint density at radius 3 is 2.64 bits per heavy atom. The number of aromatic nitrogens is 2. The molecule has 2 fully saturated rings. The average Bonchev–Trinajstić information content (AvgIpc) is 3.10. The van der Waals surface area contributed by atoms with Gasteiger partial charge in [-0.05, 0) is 30.5 Å². The largest absolute Gasteiger partial charge is 0.379 e. The second kappa shape index (κ2) is 7.28. The summed E-state index contributed by atoms with van der Waals surface area (Å²) >= 11 is 0. The van der Waals surface area contributed by atoms with Crippen LogP contribution in [0.5, 0.6) is 0 Å². The lowest BCUT2D eigenvalue weighted by atomic mass is 9.81. The fraction of sp³-hybridized carbons (Fsp3) is 0.476. The van der Waals surface area contributed by atoms with Crippen molar-refractivity contribution in [3.63, 3.8) is 0 Å². The van der Waals surface area contributed by atoms with Crippen molar-refractivity contribution in [3.8, 4) is 6.07 Å². The third-order valence-electron chi connectivity index (χ3n) is 5.92. The fourth-order valence-electron chi connectivity index (χ4n) is 4.08. The zero-order chi connectivity index (χ0) is 19.7. The predicted octanol–water partition coefficient (Wildman–Crippen LogP) is 3.27. The van der Waals surface area contributed by atoms with Crippen LogP contribution in [0.2, 0.25) is 0 Å². The summed E-state index contributed by atoms with van der Waals surface area (Å²) in [6, 6.07) is 10.4. The molecular weight excluding hydrogens is 354 g/mol. The normalized spacial score (nSPS) is 23.4. The number of benzene rings is 1. The van der Waals surface area contributed by atoms with Gasteiger partial charge in [0.1, 0.15) is 5.56 Å². The second-order valence-corrected chi connectivity index (χ2v) is 8.08. The van der Waals surface area contributed by atoms with Crippen molar-refractivity contribution >= 4 is 17.4 Å². The Balaban J connectivity index is 1.58. The molecule has 2 atom stereocenters. The Labute approximate surface area is 164 Å². The number of nitrogens with two attached hydrogens (primary N) is 1. The molecule has 146 valence electrons. The predicted molar refractivity (Wildman–Crippen MR) is 105 cm³/mol. The zero-order valence-corrected chi connectivity index (χ0v) is 16.0. The number of hydrogen-bond acceptors (Lipinski definition) is 5. The molecule has 1 aromatic heterocycles. The molecule has 3 N–H and O–H groups in total. The van der Waals surface area contributed by atoms with Crippen LogP contribution in [0.25, 0.3) is 0 Å². The Bertz CT molecular complexity index is 908. The van der Waals surface area contributed by atoms with E-state index in [1.54, 1.807) is 10.9 Å². The van der Waals surface area contributed by atoms with Crippen LogP contribution in [0.3, 0.4) is 0 Å². The molecule has 2 aliphatic rings. The maximum Gasteiger partial charge on any atom is 0.254 e. The van der Waals surface area contributed by atoms with Crippen LogP contribution in [0, 0.1) is 17.2 Å². The number of nitrogens with zero attached hydrogens (tertiary/aromatic N) is 3. The maximum atomic E-state index is 11.9. The van der Waals surface area contributed by atoms with Gasteiger partial charge in [-0.1, -0.05) is 31.9 Å². The van der Waals surface area contributed by atoms with E-state index in [2.05, 4.69) is 35.5 Å². The Morgan fingerprint density at radius 2 is 2.04 bits per heavy atom. The van der Waals surface area contributed by atoms with E-state index in [-0.39, 0.29) is 17.4 Å². The third-order valence-corrected chi connectivity index (χ3v) is 5.92.